The fourth-order valence-electron chi connectivity index (χ4n) is 2.36. The number of hydrogen-bond acceptors (Lipinski definition) is 4. The molecule has 1 atom stereocenters. The van der Waals surface area contributed by atoms with Crippen molar-refractivity contribution in [2.45, 2.75) is 25.9 Å². The minimum Gasteiger partial charge on any atom is -0.394 e. The van der Waals surface area contributed by atoms with Gasteiger partial charge in [0, 0.05) is 31.0 Å². The van der Waals surface area contributed by atoms with E-state index in [0.717, 1.165) is 24.7 Å². The molecule has 1 aliphatic rings. The molecule has 19 heavy (non-hydrogen) atoms. The molecule has 1 heterocycles. The number of aliphatic hydroxyl groups is 2. The van der Waals surface area contributed by atoms with E-state index in [4.69, 9.17) is 5.11 Å². The largest absolute Gasteiger partial charge is 0.394 e. The molecule has 4 nitrogen and oxygen atoms in total. The van der Waals surface area contributed by atoms with Crippen LogP contribution in [0.2, 0.25) is 0 Å². The lowest BCUT2D eigenvalue weighted by atomic mass is 9.99. The van der Waals surface area contributed by atoms with Crippen molar-refractivity contribution in [3.8, 4) is 0 Å². The van der Waals surface area contributed by atoms with Crippen LogP contribution in [0.15, 0.2) is 24.3 Å². The molecule has 3 N–H and O–H groups in total. The summed E-state index contributed by atoms with van der Waals surface area (Å²) in [4.78, 5) is 2.42. The number of benzene rings is 1. The summed E-state index contributed by atoms with van der Waals surface area (Å²) in [6.07, 6.45) is 1.83. The summed E-state index contributed by atoms with van der Waals surface area (Å²) in [6, 6.07) is 8.28. The highest BCUT2D eigenvalue weighted by Gasteiger charge is 2.15. The molecule has 106 valence electrons. The number of nitrogens with zero attached hydrogens (tertiary/aromatic N) is 1. The Bertz CT molecular complexity index is 372. The second-order valence-electron chi connectivity index (χ2n) is 5.43. The van der Waals surface area contributed by atoms with E-state index in [-0.39, 0.29) is 6.61 Å². The van der Waals surface area contributed by atoms with Gasteiger partial charge in [0.05, 0.1) is 12.7 Å². The topological polar surface area (TPSA) is 55.7 Å². The molecular formula is C15H24N2O2. The highest BCUT2D eigenvalue weighted by atomic mass is 16.3. The van der Waals surface area contributed by atoms with Gasteiger partial charge in [-0.05, 0) is 43.0 Å². The highest BCUT2D eigenvalue weighted by Crippen LogP contribution is 2.24. The SMILES string of the molecule is CC1CCN(c2ccc(NCC(O)CO)cc2)CC1. The Morgan fingerprint density at radius 2 is 1.89 bits per heavy atom. The first-order chi connectivity index (χ1) is 9.19. The van der Waals surface area contributed by atoms with Crippen LogP contribution in [0.5, 0.6) is 0 Å². The molecule has 2 rings (SSSR count). The van der Waals surface area contributed by atoms with Gasteiger partial charge in [-0.2, -0.15) is 0 Å². The summed E-state index contributed by atoms with van der Waals surface area (Å²) in [6.45, 7) is 4.75. The zero-order valence-corrected chi connectivity index (χ0v) is 11.5. The van der Waals surface area contributed by atoms with Crippen LogP contribution in [-0.2, 0) is 0 Å². The van der Waals surface area contributed by atoms with Crippen molar-refractivity contribution in [2.24, 2.45) is 5.92 Å². The molecule has 0 bridgehead atoms. The second-order valence-corrected chi connectivity index (χ2v) is 5.43. The van der Waals surface area contributed by atoms with Crippen LogP contribution < -0.4 is 10.2 Å². The third-order valence-corrected chi connectivity index (χ3v) is 3.77. The molecule has 0 amide bonds. The predicted molar refractivity (Wildman–Crippen MR) is 78.6 cm³/mol. The molecule has 0 aromatic heterocycles. The van der Waals surface area contributed by atoms with Crippen LogP contribution in [-0.4, -0.2) is 42.6 Å². The molecule has 0 saturated carbocycles. The van der Waals surface area contributed by atoms with Crippen molar-refractivity contribution >= 4 is 11.4 Å². The smallest absolute Gasteiger partial charge is 0.0942 e. The quantitative estimate of drug-likeness (QED) is 0.757. The van der Waals surface area contributed by atoms with E-state index < -0.39 is 6.10 Å². The van der Waals surface area contributed by atoms with Crippen molar-refractivity contribution in [1.82, 2.24) is 0 Å². The van der Waals surface area contributed by atoms with Crippen LogP contribution in [0.1, 0.15) is 19.8 Å². The van der Waals surface area contributed by atoms with Gasteiger partial charge >= 0.3 is 0 Å². The highest BCUT2D eigenvalue weighted by molar-refractivity contribution is 5.55. The summed E-state index contributed by atoms with van der Waals surface area (Å²) >= 11 is 0. The molecule has 1 aromatic carbocycles. The standard InChI is InChI=1S/C15H24N2O2/c1-12-6-8-17(9-7-12)14-4-2-13(3-5-14)16-10-15(19)11-18/h2-5,12,15-16,18-19H,6-11H2,1H3. The molecule has 4 heteroatoms. The molecule has 1 fully saturated rings. The Morgan fingerprint density at radius 3 is 2.47 bits per heavy atom. The van der Waals surface area contributed by atoms with Crippen molar-refractivity contribution < 1.29 is 10.2 Å². The van der Waals surface area contributed by atoms with Gasteiger partial charge in [0.1, 0.15) is 0 Å². The Kier molecular flexibility index (Phi) is 5.05. The van der Waals surface area contributed by atoms with E-state index in [9.17, 15) is 5.11 Å². The first-order valence-corrected chi connectivity index (χ1v) is 7.07. The zero-order chi connectivity index (χ0) is 13.7. The van der Waals surface area contributed by atoms with Crippen LogP contribution in [0, 0.1) is 5.92 Å². The van der Waals surface area contributed by atoms with Gasteiger partial charge < -0.3 is 20.4 Å². The van der Waals surface area contributed by atoms with E-state index in [1.54, 1.807) is 0 Å². The number of aliphatic hydroxyl groups excluding tert-OH is 2. The summed E-state index contributed by atoms with van der Waals surface area (Å²) in [5.41, 5.74) is 2.24. The second kappa shape index (κ2) is 6.78. The molecule has 0 spiro atoms. The average molecular weight is 264 g/mol. The molecule has 1 aliphatic heterocycles. The maximum atomic E-state index is 9.28. The third-order valence-electron chi connectivity index (χ3n) is 3.77. The minimum absolute atomic E-state index is 0.211. The van der Waals surface area contributed by atoms with Gasteiger partial charge in [0.2, 0.25) is 0 Å². The third kappa shape index (κ3) is 4.11. The molecule has 1 aromatic rings. The number of hydrogen-bond donors (Lipinski definition) is 3. The number of rotatable bonds is 5. The first kappa shape index (κ1) is 14.2. The van der Waals surface area contributed by atoms with Gasteiger partial charge in [0.25, 0.3) is 0 Å². The Balaban J connectivity index is 1.87. The van der Waals surface area contributed by atoms with Gasteiger partial charge in [-0.3, -0.25) is 0 Å². The van der Waals surface area contributed by atoms with Crippen molar-refractivity contribution in [3.05, 3.63) is 24.3 Å². The normalized spacial score (nSPS) is 18.4. The van der Waals surface area contributed by atoms with Crippen LogP contribution in [0.3, 0.4) is 0 Å². The van der Waals surface area contributed by atoms with Gasteiger partial charge in [0.15, 0.2) is 0 Å². The predicted octanol–water partition coefficient (Wildman–Crippen LogP) is 1.69. The first-order valence-electron chi connectivity index (χ1n) is 7.07. The summed E-state index contributed by atoms with van der Waals surface area (Å²) < 4.78 is 0. The lowest BCUT2D eigenvalue weighted by Crippen LogP contribution is -2.32. The monoisotopic (exact) mass is 264 g/mol. The van der Waals surface area contributed by atoms with E-state index in [1.807, 2.05) is 12.1 Å². The molecule has 0 aliphatic carbocycles. The van der Waals surface area contributed by atoms with E-state index in [1.165, 1.54) is 18.5 Å². The lowest BCUT2D eigenvalue weighted by Gasteiger charge is -2.32. The van der Waals surface area contributed by atoms with E-state index in [0.29, 0.717) is 6.54 Å². The fraction of sp³-hybridized carbons (Fsp3) is 0.600. The Hall–Kier alpha value is -1.26. The zero-order valence-electron chi connectivity index (χ0n) is 11.5. The van der Waals surface area contributed by atoms with Crippen molar-refractivity contribution in [1.29, 1.82) is 0 Å². The summed E-state index contributed by atoms with van der Waals surface area (Å²) in [5.74, 6) is 0.845. The number of anilines is 2. The van der Waals surface area contributed by atoms with Crippen LogP contribution >= 0.6 is 0 Å². The lowest BCUT2D eigenvalue weighted by molar-refractivity contribution is 0.105. The summed E-state index contributed by atoms with van der Waals surface area (Å²) in [7, 11) is 0. The molecule has 0 radical (unpaired) electrons. The maximum absolute atomic E-state index is 9.28. The molecule has 1 saturated heterocycles. The summed E-state index contributed by atoms with van der Waals surface area (Å²) in [5, 5.41) is 21.1. The van der Waals surface area contributed by atoms with Crippen molar-refractivity contribution in [3.63, 3.8) is 0 Å². The number of piperidine rings is 1. The maximum Gasteiger partial charge on any atom is 0.0942 e. The van der Waals surface area contributed by atoms with E-state index in [2.05, 4.69) is 29.3 Å². The van der Waals surface area contributed by atoms with Gasteiger partial charge in [-0.1, -0.05) is 6.92 Å². The minimum atomic E-state index is -0.705. The van der Waals surface area contributed by atoms with Crippen molar-refractivity contribution in [2.75, 3.05) is 36.5 Å². The van der Waals surface area contributed by atoms with E-state index >= 15 is 0 Å². The fourth-order valence-corrected chi connectivity index (χ4v) is 2.36. The molecule has 1 unspecified atom stereocenters. The van der Waals surface area contributed by atoms with Crippen LogP contribution in [0.25, 0.3) is 0 Å². The Morgan fingerprint density at radius 1 is 1.26 bits per heavy atom. The Labute approximate surface area is 115 Å². The number of nitrogens with one attached hydrogen (secondary N) is 1. The van der Waals surface area contributed by atoms with Gasteiger partial charge in [-0.25, -0.2) is 0 Å². The van der Waals surface area contributed by atoms with Crippen LogP contribution in [0.4, 0.5) is 11.4 Å². The molecular weight excluding hydrogens is 240 g/mol. The van der Waals surface area contributed by atoms with Gasteiger partial charge in [-0.15, -0.1) is 0 Å². The average Bonchev–Trinajstić information content (AvgIpc) is 2.46.